The summed E-state index contributed by atoms with van der Waals surface area (Å²) in [5.74, 6) is 1.26. The van der Waals surface area contributed by atoms with E-state index in [0.29, 0.717) is 22.3 Å². The third-order valence-corrected chi connectivity index (χ3v) is 7.04. The van der Waals surface area contributed by atoms with Crippen LogP contribution in [0.25, 0.3) is 10.6 Å². The maximum absolute atomic E-state index is 13.2. The lowest BCUT2D eigenvalue weighted by atomic mass is 10.2. The molecule has 4 rings (SSSR count). The second kappa shape index (κ2) is 9.56. The lowest BCUT2D eigenvalue weighted by Gasteiger charge is -2.15. The number of thiazole rings is 1. The topological polar surface area (TPSA) is 52.8 Å². The van der Waals surface area contributed by atoms with E-state index in [1.165, 1.54) is 30.0 Å². The Morgan fingerprint density at radius 2 is 1.97 bits per heavy atom. The summed E-state index contributed by atoms with van der Waals surface area (Å²) in [6.45, 7) is 1.84. The van der Waals surface area contributed by atoms with Crippen molar-refractivity contribution in [1.82, 2.24) is 19.7 Å². The van der Waals surface area contributed by atoms with Crippen molar-refractivity contribution in [3.8, 4) is 16.3 Å². The molecule has 2 heterocycles. The molecule has 1 atom stereocenters. The van der Waals surface area contributed by atoms with Crippen LogP contribution in [0.4, 0.5) is 4.39 Å². The zero-order chi connectivity index (χ0) is 22.0. The molecule has 2 aromatic heterocycles. The van der Waals surface area contributed by atoms with Crippen LogP contribution in [-0.4, -0.2) is 19.7 Å². The van der Waals surface area contributed by atoms with Gasteiger partial charge in [0.15, 0.2) is 17.1 Å². The van der Waals surface area contributed by atoms with Gasteiger partial charge in [-0.3, -0.25) is 0 Å². The first-order valence-electron chi connectivity index (χ1n) is 9.25. The first kappa shape index (κ1) is 22.1. The molecular weight excluding hydrogens is 478 g/mol. The average Bonchev–Trinajstić information content (AvgIpc) is 3.35. The summed E-state index contributed by atoms with van der Waals surface area (Å²) in [7, 11) is 1.88. The Kier molecular flexibility index (Phi) is 6.81. The van der Waals surface area contributed by atoms with Gasteiger partial charge in [-0.2, -0.15) is 0 Å². The molecule has 0 fully saturated rings. The highest BCUT2D eigenvalue weighted by Crippen LogP contribution is 2.33. The van der Waals surface area contributed by atoms with Gasteiger partial charge in [-0.05, 0) is 31.2 Å². The maximum Gasteiger partial charge on any atom is 0.191 e. The van der Waals surface area contributed by atoms with E-state index in [9.17, 15) is 4.39 Å². The summed E-state index contributed by atoms with van der Waals surface area (Å²) >= 11 is 15.4. The van der Waals surface area contributed by atoms with Crippen molar-refractivity contribution in [3.63, 3.8) is 0 Å². The highest BCUT2D eigenvalue weighted by atomic mass is 35.5. The number of hydrogen-bond donors (Lipinski definition) is 0. The molecule has 4 aromatic rings. The van der Waals surface area contributed by atoms with Gasteiger partial charge in [0.1, 0.15) is 16.6 Å². The predicted molar refractivity (Wildman–Crippen MR) is 124 cm³/mol. The van der Waals surface area contributed by atoms with Crippen LogP contribution in [-0.2, 0) is 12.8 Å². The molecule has 5 nitrogen and oxygen atoms in total. The molecule has 0 N–H and O–H groups in total. The molecule has 0 radical (unpaired) electrons. The van der Waals surface area contributed by atoms with Gasteiger partial charge < -0.3 is 9.30 Å². The number of thioether (sulfide) groups is 1. The van der Waals surface area contributed by atoms with E-state index in [1.54, 1.807) is 11.3 Å². The predicted octanol–water partition coefficient (Wildman–Crippen LogP) is 6.82. The van der Waals surface area contributed by atoms with E-state index in [2.05, 4.69) is 15.2 Å². The SMILES string of the molecule is CC(Oc1ccc(F)cc1Cl)c1nnc(SCc2csc(-c3ccccc3Cl)n2)n1C. The lowest BCUT2D eigenvalue weighted by molar-refractivity contribution is 0.211. The van der Waals surface area contributed by atoms with E-state index in [4.69, 9.17) is 27.9 Å². The molecule has 31 heavy (non-hydrogen) atoms. The van der Waals surface area contributed by atoms with Crippen LogP contribution in [0, 0.1) is 5.82 Å². The van der Waals surface area contributed by atoms with Gasteiger partial charge in [-0.25, -0.2) is 9.37 Å². The number of ether oxygens (including phenoxy) is 1. The smallest absolute Gasteiger partial charge is 0.191 e. The third kappa shape index (κ3) is 5.03. The van der Waals surface area contributed by atoms with Gasteiger partial charge in [0.25, 0.3) is 0 Å². The second-order valence-electron chi connectivity index (χ2n) is 6.65. The summed E-state index contributed by atoms with van der Waals surface area (Å²) in [5, 5.41) is 13.1. The molecule has 10 heteroatoms. The van der Waals surface area contributed by atoms with Crippen molar-refractivity contribution >= 4 is 46.3 Å². The minimum atomic E-state index is -0.416. The highest BCUT2D eigenvalue weighted by molar-refractivity contribution is 7.98. The van der Waals surface area contributed by atoms with Gasteiger partial charge in [-0.1, -0.05) is 53.2 Å². The Labute approximate surface area is 197 Å². The fourth-order valence-electron chi connectivity index (χ4n) is 2.89. The maximum atomic E-state index is 13.2. The Morgan fingerprint density at radius 3 is 2.74 bits per heavy atom. The molecule has 0 aliphatic carbocycles. The summed E-state index contributed by atoms with van der Waals surface area (Å²) in [6, 6.07) is 11.7. The molecule has 0 bridgehead atoms. The Morgan fingerprint density at radius 1 is 1.16 bits per heavy atom. The van der Waals surface area contributed by atoms with Gasteiger partial charge in [0, 0.05) is 23.7 Å². The van der Waals surface area contributed by atoms with E-state index in [1.807, 2.05) is 48.2 Å². The first-order chi connectivity index (χ1) is 14.9. The number of rotatable bonds is 7. The summed E-state index contributed by atoms with van der Waals surface area (Å²) in [6.07, 6.45) is -0.416. The van der Waals surface area contributed by atoms with Crippen LogP contribution < -0.4 is 4.74 Å². The quantitative estimate of drug-likeness (QED) is 0.264. The normalized spacial score (nSPS) is 12.2. The number of halogens is 3. The van der Waals surface area contributed by atoms with Crippen molar-refractivity contribution in [1.29, 1.82) is 0 Å². The monoisotopic (exact) mass is 494 g/mol. The molecule has 160 valence electrons. The molecule has 0 spiro atoms. The molecule has 0 saturated carbocycles. The molecular formula is C21H17Cl2FN4OS2. The summed E-state index contributed by atoms with van der Waals surface area (Å²) in [4.78, 5) is 4.69. The van der Waals surface area contributed by atoms with Crippen LogP contribution in [0.3, 0.4) is 0 Å². The van der Waals surface area contributed by atoms with E-state index < -0.39 is 11.9 Å². The van der Waals surface area contributed by atoms with Gasteiger partial charge in [0.05, 0.1) is 15.7 Å². The number of hydrogen-bond acceptors (Lipinski definition) is 6. The minimum Gasteiger partial charge on any atom is -0.481 e. The molecule has 0 aliphatic heterocycles. The molecule has 0 aliphatic rings. The highest BCUT2D eigenvalue weighted by Gasteiger charge is 2.19. The van der Waals surface area contributed by atoms with Crippen LogP contribution in [0.2, 0.25) is 10.0 Å². The number of benzene rings is 2. The van der Waals surface area contributed by atoms with Crippen molar-refractivity contribution in [2.24, 2.45) is 7.05 Å². The van der Waals surface area contributed by atoms with Crippen molar-refractivity contribution in [2.75, 3.05) is 0 Å². The van der Waals surface area contributed by atoms with Crippen LogP contribution >= 0.6 is 46.3 Å². The fourth-order valence-corrected chi connectivity index (χ4v) is 5.16. The van der Waals surface area contributed by atoms with Gasteiger partial charge in [-0.15, -0.1) is 21.5 Å². The third-order valence-electron chi connectivity index (χ3n) is 4.44. The zero-order valence-corrected chi connectivity index (χ0v) is 19.7. The van der Waals surface area contributed by atoms with Crippen LogP contribution in [0.15, 0.2) is 53.0 Å². The van der Waals surface area contributed by atoms with Crippen molar-refractivity contribution in [2.45, 2.75) is 23.9 Å². The Bertz CT molecular complexity index is 1210. The van der Waals surface area contributed by atoms with E-state index in [0.717, 1.165) is 21.4 Å². The average molecular weight is 495 g/mol. The zero-order valence-electron chi connectivity index (χ0n) is 16.6. The Balaban J connectivity index is 1.42. The fraction of sp³-hybridized carbons (Fsp3) is 0.190. The summed E-state index contributed by atoms with van der Waals surface area (Å²) in [5.41, 5.74) is 1.87. The van der Waals surface area contributed by atoms with Crippen LogP contribution in [0.1, 0.15) is 24.5 Å². The van der Waals surface area contributed by atoms with Crippen LogP contribution in [0.5, 0.6) is 5.75 Å². The second-order valence-corrected chi connectivity index (χ2v) is 9.26. The van der Waals surface area contributed by atoms with Crippen molar-refractivity contribution in [3.05, 3.63) is 75.2 Å². The van der Waals surface area contributed by atoms with E-state index >= 15 is 0 Å². The molecule has 0 saturated heterocycles. The van der Waals surface area contributed by atoms with E-state index in [-0.39, 0.29) is 5.02 Å². The molecule has 1 unspecified atom stereocenters. The number of aromatic nitrogens is 4. The largest absolute Gasteiger partial charge is 0.481 e. The van der Waals surface area contributed by atoms with Gasteiger partial charge in [0.2, 0.25) is 0 Å². The lowest BCUT2D eigenvalue weighted by Crippen LogP contribution is -2.10. The molecule has 0 amide bonds. The first-order valence-corrected chi connectivity index (χ1v) is 11.9. The molecule has 2 aromatic carbocycles. The Hall–Kier alpha value is -2.13. The minimum absolute atomic E-state index is 0.210. The van der Waals surface area contributed by atoms with Gasteiger partial charge >= 0.3 is 0 Å². The number of nitrogens with zero attached hydrogens (tertiary/aromatic N) is 4. The standard InChI is InChI=1S/C21H17Cl2FN4OS2/c1-12(29-18-8-7-13(24)9-17(18)23)19-26-27-21(28(19)2)31-11-14-10-30-20(25-14)15-5-3-4-6-16(15)22/h3-10,12H,11H2,1-2H3. The van der Waals surface area contributed by atoms with Crippen molar-refractivity contribution < 1.29 is 9.13 Å². The summed E-state index contributed by atoms with van der Waals surface area (Å²) < 4.78 is 21.0.